The van der Waals surface area contributed by atoms with E-state index in [0.29, 0.717) is 4.99 Å². The summed E-state index contributed by atoms with van der Waals surface area (Å²) in [5.41, 5.74) is 13.3. The van der Waals surface area contributed by atoms with E-state index in [9.17, 15) is 0 Å². The minimum absolute atomic E-state index is 0.500. The lowest BCUT2D eigenvalue weighted by atomic mass is 10.8. The lowest BCUT2D eigenvalue weighted by molar-refractivity contribution is 0.256. The van der Waals surface area contributed by atoms with Crippen LogP contribution in [0.15, 0.2) is 0 Å². The maximum absolute atomic E-state index is 9.00. The molecule has 0 bridgehead atoms. The van der Waals surface area contributed by atoms with E-state index in [1.807, 2.05) is 0 Å². The normalized spacial score (nSPS) is 6.12. The first kappa shape index (κ1) is 10.2. The van der Waals surface area contributed by atoms with Gasteiger partial charge in [-0.15, -0.1) is 0 Å². The fourth-order valence-corrected chi connectivity index (χ4v) is 0. The molecule has 0 atom stereocenters. The van der Waals surface area contributed by atoms with Crippen molar-refractivity contribution in [2.24, 2.45) is 17.2 Å². The van der Waals surface area contributed by atoms with Gasteiger partial charge in [0.05, 0.1) is 4.99 Å². The zero-order valence-corrected chi connectivity index (χ0v) is 5.37. The third-order valence-corrected chi connectivity index (χ3v) is 0. The van der Waals surface area contributed by atoms with Gasteiger partial charge in [-0.05, 0) is 6.92 Å². The van der Waals surface area contributed by atoms with Crippen LogP contribution in [0.2, 0.25) is 0 Å². The molecule has 0 heterocycles. The Morgan fingerprint density at radius 3 is 1.38 bits per heavy atom. The van der Waals surface area contributed by atoms with Crippen LogP contribution in [0.3, 0.4) is 0 Å². The van der Waals surface area contributed by atoms with Gasteiger partial charge < -0.3 is 17.2 Å². The molecule has 0 aliphatic rings. The number of primary amides is 2. The van der Waals surface area contributed by atoms with Crippen molar-refractivity contribution in [2.75, 3.05) is 0 Å². The molecule has 6 N–H and O–H groups in total. The van der Waals surface area contributed by atoms with Gasteiger partial charge in [0.1, 0.15) is 0 Å². The van der Waals surface area contributed by atoms with E-state index >= 15 is 0 Å². The lowest BCUT2D eigenvalue weighted by Crippen LogP contribution is -2.18. The third-order valence-electron chi connectivity index (χ3n) is 0. The highest BCUT2D eigenvalue weighted by Crippen LogP contribution is 1.48. The van der Waals surface area contributed by atoms with E-state index in [1.54, 1.807) is 6.92 Å². The molecule has 4 nitrogen and oxygen atoms in total. The SMILES string of the molecule is CC(N)=S.NC(N)=O. The molecule has 0 saturated heterocycles. The topological polar surface area (TPSA) is 95.1 Å². The summed E-state index contributed by atoms with van der Waals surface area (Å²) in [5, 5.41) is 0. The number of carbonyl (C=O) groups is 1. The van der Waals surface area contributed by atoms with E-state index in [2.05, 4.69) is 23.7 Å². The molecule has 0 saturated carbocycles. The van der Waals surface area contributed by atoms with Crippen molar-refractivity contribution in [3.63, 3.8) is 0 Å². The molecule has 0 aliphatic heterocycles. The Bertz CT molecular complexity index is 72.5. The van der Waals surface area contributed by atoms with Gasteiger partial charge >= 0.3 is 6.03 Å². The second-order valence-corrected chi connectivity index (χ2v) is 1.66. The van der Waals surface area contributed by atoms with Crippen LogP contribution in [-0.4, -0.2) is 11.0 Å². The molecule has 0 aromatic rings. The Kier molecular flexibility index (Phi) is 7.86. The van der Waals surface area contributed by atoms with E-state index in [1.165, 1.54) is 0 Å². The third kappa shape index (κ3) is 127. The summed E-state index contributed by atoms with van der Waals surface area (Å²) >= 11 is 4.31. The fourth-order valence-electron chi connectivity index (χ4n) is 0. The Balaban J connectivity index is 0. The molecule has 8 heavy (non-hydrogen) atoms. The number of rotatable bonds is 0. The molecule has 0 aliphatic carbocycles. The molecule has 0 aromatic heterocycles. The molecule has 0 unspecified atom stereocenters. The zero-order chi connectivity index (χ0) is 7.15. The highest BCUT2D eigenvalue weighted by atomic mass is 32.1. The van der Waals surface area contributed by atoms with Crippen molar-refractivity contribution < 1.29 is 4.79 Å². The molecule has 0 fully saturated rings. The van der Waals surface area contributed by atoms with Crippen LogP contribution in [0.5, 0.6) is 0 Å². The van der Waals surface area contributed by atoms with Gasteiger partial charge in [0.25, 0.3) is 0 Å². The van der Waals surface area contributed by atoms with Gasteiger partial charge in [0.15, 0.2) is 0 Å². The number of thiocarbonyl (C=S) groups is 1. The quantitative estimate of drug-likeness (QED) is 0.384. The number of carbonyl (C=O) groups excluding carboxylic acids is 1. The molecule has 5 heteroatoms. The summed E-state index contributed by atoms with van der Waals surface area (Å²) in [6, 6.07) is -0.833. The first-order valence-electron chi connectivity index (χ1n) is 1.77. The maximum atomic E-state index is 9.00. The van der Waals surface area contributed by atoms with E-state index < -0.39 is 6.03 Å². The van der Waals surface area contributed by atoms with Crippen LogP contribution >= 0.6 is 12.2 Å². The molecule has 2 amide bonds. The summed E-state index contributed by atoms with van der Waals surface area (Å²) in [6.07, 6.45) is 0. The predicted octanol–water partition coefficient (Wildman–Crippen LogP) is -0.684. The molecule has 0 aromatic carbocycles. The van der Waals surface area contributed by atoms with Crippen LogP contribution in [0.1, 0.15) is 6.92 Å². The van der Waals surface area contributed by atoms with Crippen LogP contribution in [-0.2, 0) is 0 Å². The second-order valence-electron chi connectivity index (χ2n) is 1.01. The molecule has 0 radical (unpaired) electrons. The van der Waals surface area contributed by atoms with Gasteiger partial charge in [-0.3, -0.25) is 0 Å². The summed E-state index contributed by atoms with van der Waals surface area (Å²) in [4.78, 5) is 9.50. The summed E-state index contributed by atoms with van der Waals surface area (Å²) < 4.78 is 0. The van der Waals surface area contributed by atoms with Crippen molar-refractivity contribution >= 4 is 23.2 Å². The average Bonchev–Trinajstić information content (AvgIpc) is 1.25. The van der Waals surface area contributed by atoms with E-state index in [4.69, 9.17) is 10.5 Å². The first-order valence-corrected chi connectivity index (χ1v) is 2.18. The van der Waals surface area contributed by atoms with Crippen LogP contribution in [0.4, 0.5) is 4.79 Å². The molecular weight excluding hydrogens is 126 g/mol. The number of nitrogens with two attached hydrogens (primary N) is 3. The van der Waals surface area contributed by atoms with Crippen molar-refractivity contribution in [1.82, 2.24) is 0 Å². The Morgan fingerprint density at radius 1 is 1.38 bits per heavy atom. The number of amides is 2. The molecule has 48 valence electrons. The first-order chi connectivity index (χ1) is 3.46. The monoisotopic (exact) mass is 135 g/mol. The van der Waals surface area contributed by atoms with E-state index in [-0.39, 0.29) is 0 Å². The van der Waals surface area contributed by atoms with Gasteiger partial charge in [-0.25, -0.2) is 4.79 Å². The summed E-state index contributed by atoms with van der Waals surface area (Å²) in [5.74, 6) is 0. The van der Waals surface area contributed by atoms with Crippen molar-refractivity contribution in [1.29, 1.82) is 0 Å². The Labute approximate surface area is 53.0 Å². The van der Waals surface area contributed by atoms with Crippen molar-refractivity contribution in [3.05, 3.63) is 0 Å². The van der Waals surface area contributed by atoms with Crippen LogP contribution < -0.4 is 17.2 Å². The summed E-state index contributed by atoms with van der Waals surface area (Å²) in [6.45, 7) is 1.68. The highest BCUT2D eigenvalue weighted by molar-refractivity contribution is 7.80. The van der Waals surface area contributed by atoms with Gasteiger partial charge in [-0.1, -0.05) is 12.2 Å². The van der Waals surface area contributed by atoms with E-state index in [0.717, 1.165) is 0 Å². The smallest absolute Gasteiger partial charge is 0.309 e. The molecular formula is C3H9N3OS. The van der Waals surface area contributed by atoms with Crippen LogP contribution in [0.25, 0.3) is 0 Å². The number of urea groups is 1. The largest absolute Gasteiger partial charge is 0.394 e. The lowest BCUT2D eigenvalue weighted by Gasteiger charge is -1.65. The van der Waals surface area contributed by atoms with Gasteiger partial charge in [0.2, 0.25) is 0 Å². The number of hydrogen-bond donors (Lipinski definition) is 3. The minimum Gasteiger partial charge on any atom is -0.394 e. The second kappa shape index (κ2) is 6.16. The Hall–Kier alpha value is -0.840. The number of hydrogen-bond acceptors (Lipinski definition) is 2. The van der Waals surface area contributed by atoms with Crippen molar-refractivity contribution in [3.8, 4) is 0 Å². The summed E-state index contributed by atoms with van der Waals surface area (Å²) in [7, 11) is 0. The fraction of sp³-hybridized carbons (Fsp3) is 0.333. The maximum Gasteiger partial charge on any atom is 0.309 e. The van der Waals surface area contributed by atoms with Gasteiger partial charge in [0, 0.05) is 0 Å². The molecule has 0 rings (SSSR count). The average molecular weight is 135 g/mol. The molecule has 0 spiro atoms. The Morgan fingerprint density at radius 2 is 1.38 bits per heavy atom. The predicted molar refractivity (Wildman–Crippen MR) is 36.2 cm³/mol. The zero-order valence-electron chi connectivity index (χ0n) is 4.55. The van der Waals surface area contributed by atoms with Crippen LogP contribution in [0, 0.1) is 0 Å². The van der Waals surface area contributed by atoms with Crippen molar-refractivity contribution in [2.45, 2.75) is 6.92 Å². The standard InChI is InChI=1S/C2H5NS.CH4N2O/c1-2(3)4;2-1(3)4/h1H3,(H2,3,4);(H4,2,3,4). The minimum atomic E-state index is -0.833. The van der Waals surface area contributed by atoms with Gasteiger partial charge in [-0.2, -0.15) is 0 Å². The highest BCUT2D eigenvalue weighted by Gasteiger charge is 1.60.